The highest BCUT2D eigenvalue weighted by Gasteiger charge is 2.35. The molecule has 3 nitrogen and oxygen atoms in total. The molecule has 0 aromatic heterocycles. The van der Waals surface area contributed by atoms with Crippen molar-refractivity contribution in [3.05, 3.63) is 35.4 Å². The van der Waals surface area contributed by atoms with Gasteiger partial charge in [-0.2, -0.15) is 13.2 Å². The molecule has 1 aliphatic carbocycles. The predicted molar refractivity (Wildman–Crippen MR) is 95.0 cm³/mol. The number of halogens is 3. The third-order valence-electron chi connectivity index (χ3n) is 5.61. The summed E-state index contributed by atoms with van der Waals surface area (Å²) < 4.78 is 39.4. The van der Waals surface area contributed by atoms with Crippen molar-refractivity contribution in [1.29, 1.82) is 0 Å². The summed E-state index contributed by atoms with van der Waals surface area (Å²) in [6.45, 7) is 1.76. The third-order valence-corrected chi connectivity index (χ3v) is 5.61. The SMILES string of the molecule is O=C(NC1CCCN(C2CCCCCC2)C1)c1ccccc1C(F)(F)F. The minimum absolute atomic E-state index is 0.0826. The van der Waals surface area contributed by atoms with Crippen LogP contribution in [0.5, 0.6) is 0 Å². The lowest BCUT2D eigenvalue weighted by molar-refractivity contribution is -0.137. The molecular formula is C20H27F3N2O. The number of nitrogens with one attached hydrogen (secondary N) is 1. The van der Waals surface area contributed by atoms with Crippen LogP contribution in [0.2, 0.25) is 0 Å². The molecule has 1 N–H and O–H groups in total. The molecule has 1 heterocycles. The Morgan fingerprint density at radius 1 is 1.00 bits per heavy atom. The molecule has 144 valence electrons. The van der Waals surface area contributed by atoms with Crippen LogP contribution < -0.4 is 5.32 Å². The summed E-state index contributed by atoms with van der Waals surface area (Å²) in [5, 5.41) is 2.85. The van der Waals surface area contributed by atoms with Gasteiger partial charge < -0.3 is 5.32 Å². The predicted octanol–water partition coefficient (Wildman–Crippen LogP) is 4.62. The molecule has 1 aromatic rings. The molecule has 2 fully saturated rings. The number of carbonyl (C=O) groups is 1. The Morgan fingerprint density at radius 2 is 1.69 bits per heavy atom. The molecule has 1 aliphatic heterocycles. The second-order valence-electron chi connectivity index (χ2n) is 7.50. The number of piperidine rings is 1. The monoisotopic (exact) mass is 368 g/mol. The molecule has 0 radical (unpaired) electrons. The zero-order chi connectivity index (χ0) is 18.6. The Bertz CT molecular complexity index is 609. The standard InChI is InChI=1S/C20H27F3N2O/c21-20(22,23)18-12-6-5-11-17(18)19(26)24-15-8-7-13-25(14-15)16-9-3-1-2-4-10-16/h5-6,11-12,15-16H,1-4,7-10,13-14H2,(H,24,26). The van der Waals surface area contributed by atoms with E-state index in [1.807, 2.05) is 0 Å². The molecule has 1 saturated carbocycles. The zero-order valence-corrected chi connectivity index (χ0v) is 15.0. The minimum Gasteiger partial charge on any atom is -0.348 e. The van der Waals surface area contributed by atoms with Crippen molar-refractivity contribution in [3.8, 4) is 0 Å². The van der Waals surface area contributed by atoms with Crippen LogP contribution in [0.3, 0.4) is 0 Å². The summed E-state index contributed by atoms with van der Waals surface area (Å²) in [6, 6.07) is 5.48. The lowest BCUT2D eigenvalue weighted by Crippen LogP contribution is -2.51. The van der Waals surface area contributed by atoms with Crippen molar-refractivity contribution >= 4 is 5.91 Å². The second-order valence-corrected chi connectivity index (χ2v) is 7.50. The molecule has 6 heteroatoms. The summed E-state index contributed by atoms with van der Waals surface area (Å²) in [6.07, 6.45) is 4.74. The molecule has 1 atom stereocenters. The van der Waals surface area contributed by atoms with Crippen molar-refractivity contribution in [2.24, 2.45) is 0 Å². The Balaban J connectivity index is 1.64. The van der Waals surface area contributed by atoms with E-state index in [-0.39, 0.29) is 11.6 Å². The minimum atomic E-state index is -4.52. The number of hydrogen-bond acceptors (Lipinski definition) is 2. The number of rotatable bonds is 3. The highest BCUT2D eigenvalue weighted by Crippen LogP contribution is 2.32. The first-order valence-electron chi connectivity index (χ1n) is 9.66. The number of nitrogens with zero attached hydrogens (tertiary/aromatic N) is 1. The number of alkyl halides is 3. The van der Waals surface area contributed by atoms with Gasteiger partial charge in [-0.25, -0.2) is 0 Å². The third kappa shape index (κ3) is 4.78. The van der Waals surface area contributed by atoms with Crippen LogP contribution in [0.4, 0.5) is 13.2 Å². The van der Waals surface area contributed by atoms with Crippen LogP contribution in [0.1, 0.15) is 67.3 Å². The van der Waals surface area contributed by atoms with Gasteiger partial charge >= 0.3 is 6.18 Å². The van der Waals surface area contributed by atoms with Crippen LogP contribution in [0.25, 0.3) is 0 Å². The van der Waals surface area contributed by atoms with Gasteiger partial charge in [0.1, 0.15) is 0 Å². The first-order chi connectivity index (χ1) is 12.4. The average Bonchev–Trinajstić information content (AvgIpc) is 2.91. The zero-order valence-electron chi connectivity index (χ0n) is 15.0. The Hall–Kier alpha value is -1.56. The van der Waals surface area contributed by atoms with E-state index in [2.05, 4.69) is 10.2 Å². The lowest BCUT2D eigenvalue weighted by Gasteiger charge is -2.38. The molecule has 1 amide bonds. The molecule has 1 unspecified atom stereocenters. The number of amides is 1. The van der Waals surface area contributed by atoms with Gasteiger partial charge in [0.25, 0.3) is 5.91 Å². The van der Waals surface area contributed by atoms with Gasteiger partial charge in [-0.05, 0) is 44.4 Å². The van der Waals surface area contributed by atoms with Gasteiger partial charge in [-0.3, -0.25) is 9.69 Å². The molecule has 1 saturated heterocycles. The summed E-state index contributed by atoms with van der Waals surface area (Å²) in [4.78, 5) is 14.9. The molecule has 0 spiro atoms. The van der Waals surface area contributed by atoms with Crippen LogP contribution in [-0.4, -0.2) is 36.0 Å². The first kappa shape index (κ1) is 19.2. The summed E-state index contributed by atoms with van der Waals surface area (Å²) in [5.41, 5.74) is -1.15. The van der Waals surface area contributed by atoms with E-state index in [9.17, 15) is 18.0 Å². The topological polar surface area (TPSA) is 32.3 Å². The van der Waals surface area contributed by atoms with Gasteiger partial charge in [-0.15, -0.1) is 0 Å². The summed E-state index contributed by atoms with van der Waals surface area (Å²) >= 11 is 0. The van der Waals surface area contributed by atoms with Gasteiger partial charge in [0.15, 0.2) is 0 Å². The van der Waals surface area contributed by atoms with Crippen molar-refractivity contribution in [3.63, 3.8) is 0 Å². The van der Waals surface area contributed by atoms with E-state index in [1.54, 1.807) is 0 Å². The Kier molecular flexibility index (Phi) is 6.22. The maximum atomic E-state index is 13.1. The largest absolute Gasteiger partial charge is 0.417 e. The second kappa shape index (κ2) is 8.42. The molecule has 1 aromatic carbocycles. The quantitative estimate of drug-likeness (QED) is 0.790. The summed E-state index contributed by atoms with van der Waals surface area (Å²) in [7, 11) is 0. The van der Waals surface area contributed by atoms with Gasteiger partial charge in [0.05, 0.1) is 11.1 Å². The fraction of sp³-hybridized carbons (Fsp3) is 0.650. The van der Waals surface area contributed by atoms with Crippen LogP contribution in [-0.2, 0) is 6.18 Å². The highest BCUT2D eigenvalue weighted by molar-refractivity contribution is 5.96. The van der Waals surface area contributed by atoms with Crippen molar-refractivity contribution in [2.75, 3.05) is 13.1 Å². The Morgan fingerprint density at radius 3 is 2.38 bits per heavy atom. The molecule has 0 bridgehead atoms. The lowest BCUT2D eigenvalue weighted by atomic mass is 9.99. The van der Waals surface area contributed by atoms with E-state index in [4.69, 9.17) is 0 Å². The molecule has 2 aliphatic rings. The molecular weight excluding hydrogens is 341 g/mol. The van der Waals surface area contributed by atoms with E-state index in [0.29, 0.717) is 6.04 Å². The number of carbonyl (C=O) groups excluding carboxylic acids is 1. The van der Waals surface area contributed by atoms with Crippen molar-refractivity contribution < 1.29 is 18.0 Å². The maximum Gasteiger partial charge on any atom is 0.417 e. The average molecular weight is 368 g/mol. The number of hydrogen-bond donors (Lipinski definition) is 1. The molecule has 3 rings (SSSR count). The number of benzene rings is 1. The number of likely N-dealkylation sites (tertiary alicyclic amines) is 1. The van der Waals surface area contributed by atoms with E-state index in [1.165, 1.54) is 56.7 Å². The highest BCUT2D eigenvalue weighted by atomic mass is 19.4. The fourth-order valence-electron chi connectivity index (χ4n) is 4.27. The van der Waals surface area contributed by atoms with Gasteiger partial charge in [-0.1, -0.05) is 37.8 Å². The first-order valence-corrected chi connectivity index (χ1v) is 9.66. The van der Waals surface area contributed by atoms with Crippen molar-refractivity contribution in [1.82, 2.24) is 10.2 Å². The van der Waals surface area contributed by atoms with Crippen LogP contribution >= 0.6 is 0 Å². The van der Waals surface area contributed by atoms with E-state index in [0.717, 1.165) is 32.0 Å². The normalized spacial score (nSPS) is 23.4. The van der Waals surface area contributed by atoms with E-state index >= 15 is 0 Å². The van der Waals surface area contributed by atoms with E-state index < -0.39 is 17.6 Å². The fourth-order valence-corrected chi connectivity index (χ4v) is 4.27. The Labute approximate surface area is 152 Å². The molecule has 26 heavy (non-hydrogen) atoms. The van der Waals surface area contributed by atoms with Crippen LogP contribution in [0.15, 0.2) is 24.3 Å². The summed E-state index contributed by atoms with van der Waals surface area (Å²) in [5.74, 6) is -0.620. The van der Waals surface area contributed by atoms with Crippen LogP contribution in [0, 0.1) is 0 Å². The van der Waals surface area contributed by atoms with Crippen molar-refractivity contribution in [2.45, 2.75) is 69.6 Å². The maximum absolute atomic E-state index is 13.1. The smallest absolute Gasteiger partial charge is 0.348 e. The van der Waals surface area contributed by atoms with Gasteiger partial charge in [0.2, 0.25) is 0 Å². The van der Waals surface area contributed by atoms with Gasteiger partial charge in [0, 0.05) is 18.6 Å².